The number of aromatic nitrogens is 1. The molecule has 1 fully saturated rings. The van der Waals surface area contributed by atoms with Crippen LogP contribution in [0.1, 0.15) is 25.3 Å². The van der Waals surface area contributed by atoms with E-state index in [1.807, 2.05) is 35.4 Å². The zero-order chi connectivity index (χ0) is 21.5. The molecule has 0 spiro atoms. The van der Waals surface area contributed by atoms with E-state index in [0.29, 0.717) is 39.0 Å². The molecule has 1 aromatic carbocycles. The zero-order valence-electron chi connectivity index (χ0n) is 17.5. The molecule has 1 aliphatic rings. The minimum absolute atomic E-state index is 0.103. The quantitative estimate of drug-likeness (QED) is 0.636. The lowest BCUT2D eigenvalue weighted by atomic mass is 9.97. The van der Waals surface area contributed by atoms with Crippen LogP contribution in [0.25, 0.3) is 10.9 Å². The Hall–Kier alpha value is -2.87. The fourth-order valence-corrected chi connectivity index (χ4v) is 3.89. The fourth-order valence-electron chi connectivity index (χ4n) is 3.89. The lowest BCUT2D eigenvalue weighted by Crippen LogP contribution is -2.48. The van der Waals surface area contributed by atoms with Gasteiger partial charge in [-0.25, -0.2) is 4.79 Å². The number of likely N-dealkylation sites (tertiary alicyclic amines) is 1. The van der Waals surface area contributed by atoms with Crippen LogP contribution in [-0.2, 0) is 30.3 Å². The second-order valence-corrected chi connectivity index (χ2v) is 7.51. The van der Waals surface area contributed by atoms with Crippen LogP contribution < -0.4 is 5.32 Å². The molecule has 1 aromatic heterocycles. The van der Waals surface area contributed by atoms with E-state index in [4.69, 9.17) is 9.47 Å². The molecule has 30 heavy (non-hydrogen) atoms. The molecule has 1 atom stereocenters. The van der Waals surface area contributed by atoms with Crippen LogP contribution in [0.4, 0.5) is 0 Å². The first-order valence-electron chi connectivity index (χ1n) is 10.3. The number of nitrogens with zero attached hydrogens (tertiary/aromatic N) is 1. The maximum absolute atomic E-state index is 12.6. The van der Waals surface area contributed by atoms with Gasteiger partial charge in [0, 0.05) is 23.5 Å². The number of hydrogen-bond acceptors (Lipinski definition) is 6. The largest absolute Gasteiger partial charge is 0.467 e. The molecule has 2 aromatic rings. The van der Waals surface area contributed by atoms with Gasteiger partial charge in [0.05, 0.1) is 26.2 Å². The van der Waals surface area contributed by atoms with Crippen molar-refractivity contribution in [2.24, 2.45) is 5.92 Å². The van der Waals surface area contributed by atoms with Crippen molar-refractivity contribution in [1.29, 1.82) is 0 Å². The van der Waals surface area contributed by atoms with Crippen molar-refractivity contribution in [3.05, 3.63) is 36.0 Å². The molecular formula is C22H29N3O5. The summed E-state index contributed by atoms with van der Waals surface area (Å²) < 4.78 is 9.98. The number of benzene rings is 1. The van der Waals surface area contributed by atoms with Gasteiger partial charge in [-0.1, -0.05) is 18.2 Å². The number of amides is 1. The molecule has 2 heterocycles. The number of ether oxygens (including phenoxy) is 2. The number of aromatic amines is 1. The molecule has 1 amide bonds. The molecule has 0 radical (unpaired) electrons. The van der Waals surface area contributed by atoms with Crippen LogP contribution in [0.2, 0.25) is 0 Å². The summed E-state index contributed by atoms with van der Waals surface area (Å²) in [5.41, 5.74) is 1.92. The molecule has 8 nitrogen and oxygen atoms in total. The van der Waals surface area contributed by atoms with Crippen molar-refractivity contribution in [3.8, 4) is 0 Å². The van der Waals surface area contributed by atoms with Gasteiger partial charge in [0.1, 0.15) is 6.04 Å². The number of carbonyl (C=O) groups is 3. The van der Waals surface area contributed by atoms with Crippen molar-refractivity contribution >= 4 is 28.7 Å². The van der Waals surface area contributed by atoms with Gasteiger partial charge in [-0.15, -0.1) is 0 Å². The smallest absolute Gasteiger partial charge is 0.328 e. The number of hydrogen-bond donors (Lipinski definition) is 2. The molecule has 0 unspecified atom stereocenters. The van der Waals surface area contributed by atoms with Gasteiger partial charge in [0.25, 0.3) is 0 Å². The summed E-state index contributed by atoms with van der Waals surface area (Å²) in [5.74, 6) is -0.977. The molecule has 3 rings (SSSR count). The number of esters is 2. The number of rotatable bonds is 8. The van der Waals surface area contributed by atoms with Gasteiger partial charge in [0.2, 0.25) is 5.91 Å². The number of methoxy groups -OCH3 is 1. The number of carbonyl (C=O) groups excluding carboxylic acids is 3. The van der Waals surface area contributed by atoms with Crippen molar-refractivity contribution in [2.45, 2.75) is 32.2 Å². The van der Waals surface area contributed by atoms with E-state index in [9.17, 15) is 14.4 Å². The highest BCUT2D eigenvalue weighted by Crippen LogP contribution is 2.20. The molecule has 1 saturated heterocycles. The first kappa shape index (κ1) is 21.8. The Morgan fingerprint density at radius 2 is 1.97 bits per heavy atom. The van der Waals surface area contributed by atoms with E-state index in [-0.39, 0.29) is 24.3 Å². The highest BCUT2D eigenvalue weighted by molar-refractivity contribution is 5.87. The Morgan fingerprint density at radius 1 is 1.23 bits per heavy atom. The Bertz CT molecular complexity index is 886. The average Bonchev–Trinajstić information content (AvgIpc) is 3.16. The van der Waals surface area contributed by atoms with Crippen LogP contribution in [0.3, 0.4) is 0 Å². The van der Waals surface area contributed by atoms with Gasteiger partial charge >= 0.3 is 11.9 Å². The van der Waals surface area contributed by atoms with E-state index in [1.54, 1.807) is 6.92 Å². The predicted octanol–water partition coefficient (Wildman–Crippen LogP) is 1.64. The summed E-state index contributed by atoms with van der Waals surface area (Å²) >= 11 is 0. The fraction of sp³-hybridized carbons (Fsp3) is 0.500. The van der Waals surface area contributed by atoms with Crippen LogP contribution in [0, 0.1) is 5.92 Å². The third-order valence-electron chi connectivity index (χ3n) is 5.49. The van der Waals surface area contributed by atoms with Gasteiger partial charge in [-0.05, 0) is 44.5 Å². The standard InChI is InChI=1S/C22H29N3O5/c1-3-30-21(27)15-8-10-25(11-9-15)14-20(26)24-19(22(28)29-2)12-16-13-23-18-7-5-4-6-17(16)18/h4-7,13,15,19,23H,3,8-12,14H2,1-2H3,(H,24,26)/t19-/m1/s1. The third-order valence-corrected chi connectivity index (χ3v) is 5.49. The summed E-state index contributed by atoms with van der Waals surface area (Å²) in [4.78, 5) is 41.9. The highest BCUT2D eigenvalue weighted by atomic mass is 16.5. The Balaban J connectivity index is 1.56. The van der Waals surface area contributed by atoms with E-state index >= 15 is 0 Å². The summed E-state index contributed by atoms with van der Waals surface area (Å²) in [6.07, 6.45) is 3.53. The summed E-state index contributed by atoms with van der Waals surface area (Å²) in [7, 11) is 1.32. The van der Waals surface area contributed by atoms with Gasteiger partial charge < -0.3 is 19.8 Å². The molecular weight excluding hydrogens is 386 g/mol. The Labute approximate surface area is 175 Å². The minimum atomic E-state index is -0.765. The number of H-pyrrole nitrogens is 1. The van der Waals surface area contributed by atoms with Crippen LogP contribution in [0.15, 0.2) is 30.5 Å². The highest BCUT2D eigenvalue weighted by Gasteiger charge is 2.28. The minimum Gasteiger partial charge on any atom is -0.467 e. The first-order valence-corrected chi connectivity index (χ1v) is 10.3. The van der Waals surface area contributed by atoms with Crippen molar-refractivity contribution in [1.82, 2.24) is 15.2 Å². The van der Waals surface area contributed by atoms with Crippen molar-refractivity contribution < 1.29 is 23.9 Å². The SMILES string of the molecule is CCOC(=O)C1CCN(CC(=O)N[C@H](Cc2c[nH]c3ccccc23)C(=O)OC)CC1. The van der Waals surface area contributed by atoms with Crippen LogP contribution in [0.5, 0.6) is 0 Å². The molecule has 2 N–H and O–H groups in total. The van der Waals surface area contributed by atoms with Crippen molar-refractivity contribution in [2.75, 3.05) is 33.4 Å². The molecule has 162 valence electrons. The first-order chi connectivity index (χ1) is 14.5. The second-order valence-electron chi connectivity index (χ2n) is 7.51. The Kier molecular flexibility index (Phi) is 7.46. The predicted molar refractivity (Wildman–Crippen MR) is 112 cm³/mol. The van der Waals surface area contributed by atoms with Gasteiger partial charge in [-0.3, -0.25) is 14.5 Å². The lowest BCUT2D eigenvalue weighted by molar-refractivity contribution is -0.150. The number of para-hydroxylation sites is 1. The number of nitrogens with one attached hydrogen (secondary N) is 2. The topological polar surface area (TPSA) is 101 Å². The molecule has 1 aliphatic heterocycles. The third kappa shape index (κ3) is 5.38. The van der Waals surface area contributed by atoms with Gasteiger partial charge in [-0.2, -0.15) is 0 Å². The van der Waals surface area contributed by atoms with E-state index < -0.39 is 12.0 Å². The van der Waals surface area contributed by atoms with Gasteiger partial charge in [0.15, 0.2) is 0 Å². The Morgan fingerprint density at radius 3 is 2.67 bits per heavy atom. The zero-order valence-corrected chi connectivity index (χ0v) is 17.5. The van der Waals surface area contributed by atoms with Crippen molar-refractivity contribution in [3.63, 3.8) is 0 Å². The second kappa shape index (κ2) is 10.2. The summed E-state index contributed by atoms with van der Waals surface area (Å²) in [6, 6.07) is 7.05. The maximum atomic E-state index is 12.6. The average molecular weight is 415 g/mol. The summed E-state index contributed by atoms with van der Waals surface area (Å²) in [5, 5.41) is 3.83. The molecule has 0 bridgehead atoms. The number of piperidine rings is 1. The lowest BCUT2D eigenvalue weighted by Gasteiger charge is -2.30. The molecule has 0 saturated carbocycles. The maximum Gasteiger partial charge on any atom is 0.328 e. The molecule has 8 heteroatoms. The van der Waals surface area contributed by atoms with Crippen LogP contribution in [-0.4, -0.2) is 67.1 Å². The molecule has 0 aliphatic carbocycles. The van der Waals surface area contributed by atoms with E-state index in [2.05, 4.69) is 10.3 Å². The van der Waals surface area contributed by atoms with E-state index in [1.165, 1.54) is 7.11 Å². The van der Waals surface area contributed by atoms with E-state index in [0.717, 1.165) is 16.5 Å². The monoisotopic (exact) mass is 415 g/mol. The normalized spacial score (nSPS) is 16.2. The van der Waals surface area contributed by atoms with Crippen LogP contribution >= 0.6 is 0 Å². The summed E-state index contributed by atoms with van der Waals surface area (Å²) in [6.45, 7) is 3.64. The number of fused-ring (bicyclic) bond motifs is 1.